The predicted octanol–water partition coefficient (Wildman–Crippen LogP) is 16.0. The van der Waals surface area contributed by atoms with E-state index in [2.05, 4.69) is 43.5 Å². The van der Waals surface area contributed by atoms with Crippen LogP contribution in [-0.2, 0) is 18.4 Å². The molecule has 0 saturated heterocycles. The highest BCUT2D eigenvalue weighted by Crippen LogP contribution is 2.38. The van der Waals surface area contributed by atoms with Crippen LogP contribution < -0.4 is 10.2 Å². The van der Waals surface area contributed by atoms with E-state index in [4.69, 9.17) is 9.05 Å². The summed E-state index contributed by atoms with van der Waals surface area (Å²) in [5.41, 5.74) is 0. The Bertz CT molecular complexity index is 1150. The van der Waals surface area contributed by atoms with Crippen LogP contribution >= 0.6 is 7.82 Å². The molecular formula is C56H109N2O6P. The van der Waals surface area contributed by atoms with Gasteiger partial charge in [0.1, 0.15) is 13.2 Å². The molecule has 0 aliphatic heterocycles. The number of carbonyl (C=O) groups excluding carboxylic acids is 1. The van der Waals surface area contributed by atoms with Crippen molar-refractivity contribution >= 4 is 13.7 Å². The Hall–Kier alpha value is -1.28. The van der Waals surface area contributed by atoms with E-state index in [0.29, 0.717) is 17.4 Å². The summed E-state index contributed by atoms with van der Waals surface area (Å²) in [6, 6.07) is -0.883. The number of aliphatic hydroxyl groups excluding tert-OH is 1. The summed E-state index contributed by atoms with van der Waals surface area (Å²) in [5.74, 6) is -0.197. The van der Waals surface area contributed by atoms with Crippen molar-refractivity contribution in [3.05, 3.63) is 36.5 Å². The van der Waals surface area contributed by atoms with Crippen molar-refractivity contribution in [1.29, 1.82) is 0 Å². The number of hydrogen-bond acceptors (Lipinski definition) is 6. The predicted molar refractivity (Wildman–Crippen MR) is 279 cm³/mol. The van der Waals surface area contributed by atoms with Gasteiger partial charge in [0.2, 0.25) is 5.91 Å². The van der Waals surface area contributed by atoms with Crippen LogP contribution in [0.1, 0.15) is 264 Å². The fourth-order valence-electron chi connectivity index (χ4n) is 8.18. The summed E-state index contributed by atoms with van der Waals surface area (Å²) in [6.45, 7) is 4.64. The van der Waals surface area contributed by atoms with Crippen LogP contribution in [0.2, 0.25) is 0 Å². The molecule has 2 N–H and O–H groups in total. The highest BCUT2D eigenvalue weighted by Gasteiger charge is 2.23. The molecule has 0 fully saturated rings. The Labute approximate surface area is 404 Å². The van der Waals surface area contributed by atoms with Crippen LogP contribution in [0.4, 0.5) is 0 Å². The Kier molecular flexibility index (Phi) is 46.8. The minimum absolute atomic E-state index is 0.000166. The molecule has 9 heteroatoms. The van der Waals surface area contributed by atoms with E-state index in [9.17, 15) is 19.4 Å². The molecule has 65 heavy (non-hydrogen) atoms. The van der Waals surface area contributed by atoms with Crippen molar-refractivity contribution in [3.63, 3.8) is 0 Å². The van der Waals surface area contributed by atoms with Crippen LogP contribution in [0.15, 0.2) is 36.5 Å². The molecule has 0 aromatic heterocycles. The number of carbonyl (C=O) groups is 1. The number of aliphatic hydroxyl groups is 1. The molecule has 0 saturated carbocycles. The molecule has 1 amide bonds. The van der Waals surface area contributed by atoms with Crippen LogP contribution in [0.25, 0.3) is 0 Å². The number of rotatable bonds is 51. The van der Waals surface area contributed by atoms with Crippen molar-refractivity contribution < 1.29 is 32.9 Å². The molecule has 384 valence electrons. The van der Waals surface area contributed by atoms with Gasteiger partial charge in [0, 0.05) is 6.42 Å². The number of unbranched alkanes of at least 4 members (excludes halogenated alkanes) is 34. The lowest BCUT2D eigenvalue weighted by atomic mass is 10.0. The van der Waals surface area contributed by atoms with Gasteiger partial charge in [-0.3, -0.25) is 9.36 Å². The van der Waals surface area contributed by atoms with Gasteiger partial charge in [0.15, 0.2) is 0 Å². The van der Waals surface area contributed by atoms with Gasteiger partial charge in [-0.1, -0.05) is 243 Å². The number of likely N-dealkylation sites (N-methyl/N-ethyl adjacent to an activating group) is 1. The Morgan fingerprint density at radius 3 is 1.28 bits per heavy atom. The molecule has 0 aromatic carbocycles. The molecule has 3 unspecified atom stereocenters. The molecule has 0 aliphatic carbocycles. The summed E-state index contributed by atoms with van der Waals surface area (Å²) >= 11 is 0. The maximum Gasteiger partial charge on any atom is 0.268 e. The molecule has 0 aromatic rings. The molecule has 3 atom stereocenters. The molecule has 0 rings (SSSR count). The SMILES string of the molecule is CCCCCCCCCC/C=C/C(O)C(COP(=O)([O-])OCC[N+](C)(C)C)NC(=O)CCCCCCCCCCCCCCCCCCC/C=C\C/C=C\CCCCCCCCCCC. The maximum atomic E-state index is 12.9. The van der Waals surface area contributed by atoms with Crippen molar-refractivity contribution in [2.75, 3.05) is 40.9 Å². The third-order valence-electron chi connectivity index (χ3n) is 12.6. The summed E-state index contributed by atoms with van der Waals surface area (Å²) in [4.78, 5) is 25.4. The van der Waals surface area contributed by atoms with Gasteiger partial charge in [-0.05, 0) is 51.4 Å². The van der Waals surface area contributed by atoms with Crippen molar-refractivity contribution in [3.8, 4) is 0 Å². The third kappa shape index (κ3) is 50.4. The zero-order chi connectivity index (χ0) is 47.8. The summed E-state index contributed by atoms with van der Waals surface area (Å²) in [6.07, 6.45) is 61.0. The first-order valence-corrected chi connectivity index (χ1v) is 29.3. The molecule has 0 radical (unpaired) electrons. The number of allylic oxidation sites excluding steroid dienone is 5. The van der Waals surface area contributed by atoms with Gasteiger partial charge in [0.05, 0.1) is 39.9 Å². The second-order valence-corrected chi connectivity index (χ2v) is 21.7. The molecule has 0 aliphatic rings. The Morgan fingerprint density at radius 2 is 0.892 bits per heavy atom. The highest BCUT2D eigenvalue weighted by atomic mass is 31.2. The van der Waals surface area contributed by atoms with E-state index in [1.54, 1.807) is 6.08 Å². The Morgan fingerprint density at radius 1 is 0.538 bits per heavy atom. The van der Waals surface area contributed by atoms with E-state index in [1.807, 2.05) is 27.2 Å². The van der Waals surface area contributed by atoms with Crippen molar-refractivity contribution in [2.24, 2.45) is 0 Å². The average Bonchev–Trinajstić information content (AvgIpc) is 3.26. The number of amides is 1. The topological polar surface area (TPSA) is 108 Å². The second kappa shape index (κ2) is 47.8. The zero-order valence-corrected chi connectivity index (χ0v) is 44.6. The molecule has 8 nitrogen and oxygen atoms in total. The van der Waals surface area contributed by atoms with Crippen LogP contribution in [-0.4, -0.2) is 68.5 Å². The van der Waals surface area contributed by atoms with Gasteiger partial charge in [-0.2, -0.15) is 0 Å². The largest absolute Gasteiger partial charge is 0.756 e. The average molecular weight is 937 g/mol. The first-order valence-electron chi connectivity index (χ1n) is 27.9. The second-order valence-electron chi connectivity index (χ2n) is 20.3. The van der Waals surface area contributed by atoms with Gasteiger partial charge in [0.25, 0.3) is 7.82 Å². The molecule has 0 heterocycles. The van der Waals surface area contributed by atoms with Gasteiger partial charge in [-0.15, -0.1) is 0 Å². The molecule has 0 bridgehead atoms. The van der Waals surface area contributed by atoms with Crippen LogP contribution in [0, 0.1) is 0 Å². The number of hydrogen-bond donors (Lipinski definition) is 2. The quantitative estimate of drug-likeness (QED) is 0.0272. The minimum atomic E-state index is -4.59. The smallest absolute Gasteiger partial charge is 0.268 e. The van der Waals surface area contributed by atoms with E-state index in [-0.39, 0.29) is 19.1 Å². The lowest BCUT2D eigenvalue weighted by Gasteiger charge is -2.29. The number of nitrogens with one attached hydrogen (secondary N) is 1. The monoisotopic (exact) mass is 937 g/mol. The molecule has 0 spiro atoms. The van der Waals surface area contributed by atoms with Gasteiger partial charge in [-0.25, -0.2) is 0 Å². The lowest BCUT2D eigenvalue weighted by Crippen LogP contribution is -2.45. The maximum absolute atomic E-state index is 12.9. The van der Waals surface area contributed by atoms with E-state index in [1.165, 1.54) is 199 Å². The lowest BCUT2D eigenvalue weighted by molar-refractivity contribution is -0.870. The van der Waals surface area contributed by atoms with Crippen LogP contribution in [0.3, 0.4) is 0 Å². The fraction of sp³-hybridized carbons (Fsp3) is 0.875. The number of nitrogens with zero attached hydrogens (tertiary/aromatic N) is 1. The highest BCUT2D eigenvalue weighted by molar-refractivity contribution is 7.45. The first kappa shape index (κ1) is 63.7. The number of phosphoric acid groups is 1. The van der Waals surface area contributed by atoms with E-state index in [0.717, 1.165) is 44.9 Å². The van der Waals surface area contributed by atoms with Gasteiger partial charge < -0.3 is 28.8 Å². The third-order valence-corrected chi connectivity index (χ3v) is 13.6. The van der Waals surface area contributed by atoms with Crippen LogP contribution in [0.5, 0.6) is 0 Å². The summed E-state index contributed by atoms with van der Waals surface area (Å²) in [7, 11) is 1.27. The van der Waals surface area contributed by atoms with E-state index >= 15 is 0 Å². The van der Waals surface area contributed by atoms with Crippen molar-refractivity contribution in [2.45, 2.75) is 276 Å². The van der Waals surface area contributed by atoms with E-state index < -0.39 is 20.0 Å². The van der Waals surface area contributed by atoms with Gasteiger partial charge >= 0.3 is 0 Å². The number of quaternary nitrogens is 1. The standard InChI is InChI=1S/C56H109N2O6P/c1-6-8-10-12-14-16-18-19-20-21-22-23-24-25-26-27-28-29-30-31-32-33-34-35-36-37-38-39-40-42-44-46-48-50-56(60)57-54(53-64-65(61,62)63-52-51-58(3,4)5)55(59)49-47-45-43-41-17-15-13-11-9-7-2/h22-23,25-26,47,49,54-55,59H,6-21,24,27-46,48,50-53H2,1-5H3,(H-,57,60,61,62)/b23-22-,26-25-,49-47+. The number of phosphoric ester groups is 1. The van der Waals surface area contributed by atoms with Crippen molar-refractivity contribution in [1.82, 2.24) is 5.32 Å². The Balaban J connectivity index is 3.95. The fourth-order valence-corrected chi connectivity index (χ4v) is 8.91. The first-order chi connectivity index (χ1) is 31.5. The normalized spacial score (nSPS) is 14.3. The minimum Gasteiger partial charge on any atom is -0.756 e. The molecular weight excluding hydrogens is 828 g/mol. The summed E-state index contributed by atoms with van der Waals surface area (Å²) < 4.78 is 23.2. The zero-order valence-electron chi connectivity index (χ0n) is 43.7. The summed E-state index contributed by atoms with van der Waals surface area (Å²) in [5, 5.41) is 13.8.